The van der Waals surface area contributed by atoms with Crippen LogP contribution < -0.4 is 10.5 Å². The van der Waals surface area contributed by atoms with Crippen LogP contribution in [0.25, 0.3) is 0 Å². The van der Waals surface area contributed by atoms with Gasteiger partial charge in [0.25, 0.3) is 5.56 Å². The van der Waals surface area contributed by atoms with Crippen molar-refractivity contribution in [2.45, 2.75) is 32.2 Å². The van der Waals surface area contributed by atoms with E-state index in [1.807, 2.05) is 0 Å². The van der Waals surface area contributed by atoms with E-state index < -0.39 is 0 Å². The Bertz CT molecular complexity index is 468. The molecule has 2 rings (SSSR count). The minimum atomic E-state index is -0.0765. The van der Waals surface area contributed by atoms with Gasteiger partial charge >= 0.3 is 0 Å². The lowest BCUT2D eigenvalue weighted by molar-refractivity contribution is 0.553. The first-order valence-electron chi connectivity index (χ1n) is 6.00. The van der Waals surface area contributed by atoms with Gasteiger partial charge < -0.3 is 4.90 Å². The highest BCUT2D eigenvalue weighted by Crippen LogP contribution is 2.16. The summed E-state index contributed by atoms with van der Waals surface area (Å²) >= 11 is 0. The Kier molecular flexibility index (Phi) is 3.76. The predicted octanol–water partition coefficient (Wildman–Crippen LogP) is 1.15. The van der Waals surface area contributed by atoms with Gasteiger partial charge in [-0.25, -0.2) is 4.68 Å². The zero-order valence-corrected chi connectivity index (χ0v) is 9.80. The summed E-state index contributed by atoms with van der Waals surface area (Å²) in [5.74, 6) is 0. The van der Waals surface area contributed by atoms with Crippen molar-refractivity contribution in [3.8, 4) is 6.07 Å². The minimum Gasteiger partial charge on any atom is -0.370 e. The molecule has 1 aromatic rings. The molecular formula is C12H16N4O. The summed E-state index contributed by atoms with van der Waals surface area (Å²) in [6, 6.07) is 3.71. The summed E-state index contributed by atoms with van der Waals surface area (Å²) < 4.78 is 1.43. The van der Waals surface area contributed by atoms with Crippen LogP contribution in [0.2, 0.25) is 0 Å². The molecule has 0 aromatic carbocycles. The monoisotopic (exact) mass is 232 g/mol. The van der Waals surface area contributed by atoms with Gasteiger partial charge in [-0.3, -0.25) is 4.79 Å². The molecule has 0 aliphatic carbocycles. The maximum atomic E-state index is 11.8. The highest BCUT2D eigenvalue weighted by atomic mass is 16.1. The lowest BCUT2D eigenvalue weighted by Gasteiger charge is -2.16. The van der Waals surface area contributed by atoms with Crippen molar-refractivity contribution >= 4 is 5.69 Å². The summed E-state index contributed by atoms with van der Waals surface area (Å²) in [6.07, 6.45) is 5.25. The predicted molar refractivity (Wildman–Crippen MR) is 64.8 cm³/mol. The first kappa shape index (κ1) is 11.6. The summed E-state index contributed by atoms with van der Waals surface area (Å²) in [5, 5.41) is 12.6. The van der Waals surface area contributed by atoms with Gasteiger partial charge in [0.15, 0.2) is 0 Å². The van der Waals surface area contributed by atoms with Crippen LogP contribution >= 0.6 is 0 Å². The normalized spacial score (nSPS) is 14.9. The number of nitriles is 1. The van der Waals surface area contributed by atoms with E-state index in [0.29, 0.717) is 19.4 Å². The van der Waals surface area contributed by atoms with Gasteiger partial charge in [-0.1, -0.05) is 0 Å². The largest absolute Gasteiger partial charge is 0.370 e. The van der Waals surface area contributed by atoms with Crippen LogP contribution in [0.15, 0.2) is 17.1 Å². The van der Waals surface area contributed by atoms with Gasteiger partial charge in [0, 0.05) is 32.1 Å². The van der Waals surface area contributed by atoms with Crippen LogP contribution in [0.5, 0.6) is 0 Å². The molecule has 0 bridgehead atoms. The molecule has 5 nitrogen and oxygen atoms in total. The number of hydrogen-bond acceptors (Lipinski definition) is 4. The second-order valence-corrected chi connectivity index (χ2v) is 4.23. The second-order valence-electron chi connectivity index (χ2n) is 4.23. The molecule has 0 amide bonds. The number of unbranched alkanes of at least 4 members (excludes halogenated alkanes) is 1. The Morgan fingerprint density at radius 1 is 1.41 bits per heavy atom. The van der Waals surface area contributed by atoms with Gasteiger partial charge in [0.1, 0.15) is 0 Å². The SMILES string of the molecule is N#CCCCn1ncc(N2CCCC2)cc1=O. The molecule has 0 saturated carbocycles. The zero-order valence-electron chi connectivity index (χ0n) is 9.80. The van der Waals surface area contributed by atoms with Gasteiger partial charge in [0.2, 0.25) is 0 Å². The van der Waals surface area contributed by atoms with Gasteiger partial charge in [-0.15, -0.1) is 0 Å². The molecule has 1 aliphatic rings. The van der Waals surface area contributed by atoms with Crippen molar-refractivity contribution in [1.29, 1.82) is 5.26 Å². The molecule has 5 heteroatoms. The summed E-state index contributed by atoms with van der Waals surface area (Å²) in [5.41, 5.74) is 0.844. The van der Waals surface area contributed by atoms with E-state index in [1.54, 1.807) is 12.3 Å². The highest BCUT2D eigenvalue weighted by molar-refractivity contribution is 5.43. The Balaban J connectivity index is 2.06. The molecule has 0 atom stereocenters. The topological polar surface area (TPSA) is 61.9 Å². The van der Waals surface area contributed by atoms with Crippen LogP contribution in [-0.4, -0.2) is 22.9 Å². The van der Waals surface area contributed by atoms with Crippen molar-refractivity contribution in [3.63, 3.8) is 0 Å². The fourth-order valence-electron chi connectivity index (χ4n) is 2.05. The molecule has 1 aliphatic heterocycles. The van der Waals surface area contributed by atoms with Crippen LogP contribution in [0.4, 0.5) is 5.69 Å². The van der Waals surface area contributed by atoms with E-state index in [2.05, 4.69) is 16.1 Å². The molecule has 0 radical (unpaired) electrons. The molecule has 0 spiro atoms. The third-order valence-electron chi connectivity index (χ3n) is 2.98. The molecular weight excluding hydrogens is 216 g/mol. The smallest absolute Gasteiger partial charge is 0.268 e. The van der Waals surface area contributed by atoms with Crippen molar-refractivity contribution in [3.05, 3.63) is 22.6 Å². The quantitative estimate of drug-likeness (QED) is 0.730. The van der Waals surface area contributed by atoms with Gasteiger partial charge in [-0.05, 0) is 19.3 Å². The Labute approximate surface area is 100 Å². The first-order chi connectivity index (χ1) is 8.31. The van der Waals surface area contributed by atoms with Gasteiger partial charge in [-0.2, -0.15) is 10.4 Å². The molecule has 0 N–H and O–H groups in total. The Morgan fingerprint density at radius 2 is 2.18 bits per heavy atom. The number of rotatable bonds is 4. The summed E-state index contributed by atoms with van der Waals surface area (Å²) in [6.45, 7) is 2.55. The maximum absolute atomic E-state index is 11.8. The van der Waals surface area contributed by atoms with Crippen LogP contribution in [0.3, 0.4) is 0 Å². The third kappa shape index (κ3) is 2.84. The van der Waals surface area contributed by atoms with E-state index >= 15 is 0 Å². The minimum absolute atomic E-state index is 0.0765. The molecule has 90 valence electrons. The molecule has 2 heterocycles. The fraction of sp³-hybridized carbons (Fsp3) is 0.583. The maximum Gasteiger partial charge on any atom is 0.268 e. The number of hydrogen-bond donors (Lipinski definition) is 0. The lowest BCUT2D eigenvalue weighted by atomic mass is 10.3. The molecule has 1 aromatic heterocycles. The zero-order chi connectivity index (χ0) is 12.1. The molecule has 1 fully saturated rings. The first-order valence-corrected chi connectivity index (χ1v) is 6.00. The van der Waals surface area contributed by atoms with Crippen molar-refractivity contribution in [2.75, 3.05) is 18.0 Å². The average Bonchev–Trinajstić information content (AvgIpc) is 2.85. The summed E-state index contributed by atoms with van der Waals surface area (Å²) in [7, 11) is 0. The van der Waals surface area contributed by atoms with E-state index in [0.717, 1.165) is 18.8 Å². The Hall–Kier alpha value is -1.83. The van der Waals surface area contributed by atoms with Crippen molar-refractivity contribution < 1.29 is 0 Å². The van der Waals surface area contributed by atoms with E-state index in [1.165, 1.54) is 17.5 Å². The van der Waals surface area contributed by atoms with Crippen molar-refractivity contribution in [1.82, 2.24) is 9.78 Å². The van der Waals surface area contributed by atoms with Gasteiger partial charge in [0.05, 0.1) is 18.0 Å². The Morgan fingerprint density at radius 3 is 2.82 bits per heavy atom. The average molecular weight is 232 g/mol. The fourth-order valence-corrected chi connectivity index (χ4v) is 2.05. The molecule has 17 heavy (non-hydrogen) atoms. The summed E-state index contributed by atoms with van der Waals surface area (Å²) in [4.78, 5) is 14.0. The number of nitrogens with zero attached hydrogens (tertiary/aromatic N) is 4. The van der Waals surface area contributed by atoms with Crippen LogP contribution in [0.1, 0.15) is 25.7 Å². The third-order valence-corrected chi connectivity index (χ3v) is 2.98. The van der Waals surface area contributed by atoms with Crippen LogP contribution in [-0.2, 0) is 6.54 Å². The van der Waals surface area contributed by atoms with Crippen molar-refractivity contribution in [2.24, 2.45) is 0 Å². The standard InChI is InChI=1S/C12H16N4O/c13-5-1-2-8-16-12(17)9-11(10-14-16)15-6-3-4-7-15/h9-10H,1-4,6-8H2. The van der Waals surface area contributed by atoms with E-state index in [9.17, 15) is 4.79 Å². The van der Waals surface area contributed by atoms with Crippen LogP contribution in [0, 0.1) is 11.3 Å². The number of aryl methyl sites for hydroxylation is 1. The highest BCUT2D eigenvalue weighted by Gasteiger charge is 2.13. The van der Waals surface area contributed by atoms with E-state index in [-0.39, 0.29) is 5.56 Å². The number of anilines is 1. The molecule has 1 saturated heterocycles. The van der Waals surface area contributed by atoms with E-state index in [4.69, 9.17) is 5.26 Å². The second kappa shape index (κ2) is 5.48. The number of aromatic nitrogens is 2. The molecule has 0 unspecified atom stereocenters. The lowest BCUT2D eigenvalue weighted by Crippen LogP contribution is -2.26.